The summed E-state index contributed by atoms with van der Waals surface area (Å²) in [4.78, 5) is 16.8. The number of carbonyl (C=O) groups is 1. The Morgan fingerprint density at radius 2 is 1.57 bits per heavy atom. The third-order valence-corrected chi connectivity index (χ3v) is 6.39. The lowest BCUT2D eigenvalue weighted by Gasteiger charge is -2.36. The van der Waals surface area contributed by atoms with Gasteiger partial charge in [-0.3, -0.25) is 9.80 Å². The van der Waals surface area contributed by atoms with E-state index < -0.39 is 19.4 Å². The second kappa shape index (κ2) is 11.2. The van der Waals surface area contributed by atoms with Gasteiger partial charge in [-0.25, -0.2) is 4.79 Å². The molecule has 1 fully saturated rings. The molecule has 1 unspecified atom stereocenters. The largest absolute Gasteiger partial charge is 0.435 e. The Bertz CT molecular complexity index is 1140. The van der Waals surface area contributed by atoms with Crippen LogP contribution in [0.15, 0.2) is 72.8 Å². The maximum Gasteiger partial charge on any atom is 0.387 e. The Labute approximate surface area is 212 Å². The number of hydrogen-bond acceptors (Lipinski definition) is 3. The number of nitrogens with zero attached hydrogens (tertiary/aromatic N) is 2. The van der Waals surface area contributed by atoms with Gasteiger partial charge in [0, 0.05) is 27.5 Å². The van der Waals surface area contributed by atoms with Crippen molar-refractivity contribution in [2.24, 2.45) is 5.92 Å². The van der Waals surface area contributed by atoms with Crippen molar-refractivity contribution >= 4 is 40.6 Å². The predicted molar refractivity (Wildman–Crippen MR) is 134 cm³/mol. The van der Waals surface area contributed by atoms with Crippen LogP contribution in [0.25, 0.3) is 0 Å². The van der Waals surface area contributed by atoms with Gasteiger partial charge in [0.25, 0.3) is 0 Å². The van der Waals surface area contributed by atoms with Crippen molar-refractivity contribution in [1.29, 1.82) is 0 Å². The first-order valence-electron chi connectivity index (χ1n) is 11.1. The second-order valence-electron chi connectivity index (χ2n) is 8.31. The van der Waals surface area contributed by atoms with E-state index in [-0.39, 0.29) is 17.7 Å². The number of aliphatic hydroxyl groups excluding tert-OH is 1. The molecule has 3 aromatic rings. The standard InChI is InChI=1S/C26H24Cl2F2N2O3/c27-19-6-10-21(11-7-19)31(16-33)26(34)32(22-12-8-20(28)9-13-22)24(18-4-5-18)15-17-2-1-3-23(14-17)35-25(29)30/h1-3,6-14,18,24-25,33H,4-5,15-16H2. The fraction of sp³-hybridized carbons (Fsp3) is 0.269. The highest BCUT2D eigenvalue weighted by molar-refractivity contribution is 6.31. The number of urea groups is 1. The van der Waals surface area contributed by atoms with Gasteiger partial charge >= 0.3 is 12.6 Å². The van der Waals surface area contributed by atoms with E-state index in [0.29, 0.717) is 27.8 Å². The van der Waals surface area contributed by atoms with Crippen molar-refractivity contribution in [3.8, 4) is 5.75 Å². The molecule has 1 aliphatic rings. The number of benzene rings is 3. The first-order valence-corrected chi connectivity index (χ1v) is 11.9. The van der Waals surface area contributed by atoms with E-state index in [2.05, 4.69) is 4.74 Å². The van der Waals surface area contributed by atoms with Gasteiger partial charge in [0.2, 0.25) is 0 Å². The summed E-state index contributed by atoms with van der Waals surface area (Å²) in [6.07, 6.45) is 2.27. The minimum Gasteiger partial charge on any atom is -0.435 e. The van der Waals surface area contributed by atoms with Crippen LogP contribution >= 0.6 is 23.2 Å². The molecule has 0 aromatic heterocycles. The van der Waals surface area contributed by atoms with Gasteiger partial charge in [-0.15, -0.1) is 0 Å². The lowest BCUT2D eigenvalue weighted by molar-refractivity contribution is -0.0498. The highest BCUT2D eigenvalue weighted by Gasteiger charge is 2.40. The van der Waals surface area contributed by atoms with Crippen LogP contribution < -0.4 is 14.5 Å². The van der Waals surface area contributed by atoms with Crippen LogP contribution in [-0.4, -0.2) is 30.5 Å². The predicted octanol–water partition coefficient (Wildman–Crippen LogP) is 7.00. The molecular weight excluding hydrogens is 497 g/mol. The third-order valence-electron chi connectivity index (χ3n) is 5.89. The second-order valence-corrected chi connectivity index (χ2v) is 9.18. The molecule has 35 heavy (non-hydrogen) atoms. The normalized spacial score (nSPS) is 14.0. The van der Waals surface area contributed by atoms with Gasteiger partial charge in [-0.1, -0.05) is 35.3 Å². The maximum atomic E-state index is 13.9. The molecule has 184 valence electrons. The summed E-state index contributed by atoms with van der Waals surface area (Å²) in [5, 5.41) is 11.2. The molecule has 0 heterocycles. The molecule has 4 rings (SSSR count). The summed E-state index contributed by atoms with van der Waals surface area (Å²) in [6, 6.07) is 19.3. The fourth-order valence-corrected chi connectivity index (χ4v) is 4.34. The molecule has 0 aliphatic heterocycles. The minimum absolute atomic E-state index is 0.0644. The van der Waals surface area contributed by atoms with E-state index in [9.17, 15) is 18.7 Å². The Morgan fingerprint density at radius 1 is 0.971 bits per heavy atom. The number of ether oxygens (including phenoxy) is 1. The average molecular weight is 521 g/mol. The van der Waals surface area contributed by atoms with E-state index in [4.69, 9.17) is 23.2 Å². The summed E-state index contributed by atoms with van der Waals surface area (Å²) >= 11 is 12.1. The number of aliphatic hydroxyl groups is 1. The molecule has 0 radical (unpaired) electrons. The smallest absolute Gasteiger partial charge is 0.387 e. The van der Waals surface area contributed by atoms with Gasteiger partial charge < -0.3 is 9.84 Å². The number of hydrogen-bond donors (Lipinski definition) is 1. The number of amides is 2. The van der Waals surface area contributed by atoms with E-state index in [1.165, 1.54) is 11.0 Å². The zero-order valence-electron chi connectivity index (χ0n) is 18.7. The quantitative estimate of drug-likeness (QED) is 0.309. The molecule has 1 saturated carbocycles. The lowest BCUT2D eigenvalue weighted by Crippen LogP contribution is -2.51. The summed E-state index contributed by atoms with van der Waals surface area (Å²) in [5.74, 6) is 0.273. The van der Waals surface area contributed by atoms with Crippen LogP contribution in [0, 0.1) is 5.92 Å². The molecule has 9 heteroatoms. The Morgan fingerprint density at radius 3 is 2.11 bits per heavy atom. The van der Waals surface area contributed by atoms with Crippen molar-refractivity contribution in [2.75, 3.05) is 16.5 Å². The SMILES string of the molecule is O=C(N(CO)c1ccc(Cl)cc1)N(c1ccc(Cl)cc1)C(Cc1cccc(OC(F)F)c1)C1CC1. The number of anilines is 2. The fourth-order valence-electron chi connectivity index (χ4n) is 4.09. The zero-order chi connectivity index (χ0) is 24.9. The van der Waals surface area contributed by atoms with E-state index in [1.807, 2.05) is 6.07 Å². The molecule has 0 saturated heterocycles. The van der Waals surface area contributed by atoms with Crippen molar-refractivity contribution in [2.45, 2.75) is 31.9 Å². The van der Waals surface area contributed by atoms with Gasteiger partial charge in [-0.05, 0) is 91.4 Å². The van der Waals surface area contributed by atoms with Crippen LogP contribution in [-0.2, 0) is 6.42 Å². The number of halogens is 4. The Kier molecular flexibility index (Phi) is 8.11. The topological polar surface area (TPSA) is 53.0 Å². The molecule has 3 aromatic carbocycles. The van der Waals surface area contributed by atoms with Gasteiger partial charge in [-0.2, -0.15) is 8.78 Å². The first-order chi connectivity index (χ1) is 16.9. The molecule has 1 aliphatic carbocycles. The lowest BCUT2D eigenvalue weighted by atomic mass is 9.99. The monoisotopic (exact) mass is 520 g/mol. The number of alkyl halides is 2. The molecule has 0 bridgehead atoms. The minimum atomic E-state index is -2.92. The van der Waals surface area contributed by atoms with Gasteiger partial charge in [0.05, 0.1) is 0 Å². The molecule has 1 N–H and O–H groups in total. The molecule has 2 amide bonds. The van der Waals surface area contributed by atoms with E-state index >= 15 is 0 Å². The Balaban J connectivity index is 1.71. The zero-order valence-corrected chi connectivity index (χ0v) is 20.2. The number of rotatable bonds is 9. The van der Waals surface area contributed by atoms with Crippen LogP contribution in [0.1, 0.15) is 18.4 Å². The van der Waals surface area contributed by atoms with Crippen LogP contribution in [0.5, 0.6) is 5.75 Å². The highest BCUT2D eigenvalue weighted by atomic mass is 35.5. The first kappa shape index (κ1) is 25.2. The maximum absolute atomic E-state index is 13.9. The molecule has 5 nitrogen and oxygen atoms in total. The van der Waals surface area contributed by atoms with Crippen molar-refractivity contribution in [3.63, 3.8) is 0 Å². The number of carbonyl (C=O) groups excluding carboxylic acids is 1. The van der Waals surface area contributed by atoms with Crippen LogP contribution in [0.2, 0.25) is 10.0 Å². The Hall–Kier alpha value is -2.87. The van der Waals surface area contributed by atoms with Crippen molar-refractivity contribution in [3.05, 3.63) is 88.4 Å². The molecule has 0 spiro atoms. The van der Waals surface area contributed by atoms with Crippen LogP contribution in [0.4, 0.5) is 25.0 Å². The summed E-state index contributed by atoms with van der Waals surface area (Å²) in [7, 11) is 0. The molecule has 1 atom stereocenters. The summed E-state index contributed by atoms with van der Waals surface area (Å²) < 4.78 is 30.0. The van der Waals surface area contributed by atoms with E-state index in [0.717, 1.165) is 18.4 Å². The highest BCUT2D eigenvalue weighted by Crippen LogP contribution is 2.40. The summed E-state index contributed by atoms with van der Waals surface area (Å²) in [6.45, 7) is -3.46. The van der Waals surface area contributed by atoms with Crippen LogP contribution in [0.3, 0.4) is 0 Å². The molecular formula is C26H24Cl2F2N2O3. The van der Waals surface area contributed by atoms with Gasteiger partial charge in [0.15, 0.2) is 0 Å². The van der Waals surface area contributed by atoms with E-state index in [1.54, 1.807) is 65.6 Å². The van der Waals surface area contributed by atoms with Crippen molar-refractivity contribution < 1.29 is 23.4 Å². The van der Waals surface area contributed by atoms with Gasteiger partial charge in [0.1, 0.15) is 12.5 Å². The third kappa shape index (κ3) is 6.42. The van der Waals surface area contributed by atoms with Crippen molar-refractivity contribution in [1.82, 2.24) is 0 Å². The summed E-state index contributed by atoms with van der Waals surface area (Å²) in [5.41, 5.74) is 1.86. The average Bonchev–Trinajstić information content (AvgIpc) is 3.67.